The quantitative estimate of drug-likeness (QED) is 0.372. The van der Waals surface area contributed by atoms with Crippen LogP contribution < -0.4 is 9.64 Å². The summed E-state index contributed by atoms with van der Waals surface area (Å²) in [6.45, 7) is 3.91. The summed E-state index contributed by atoms with van der Waals surface area (Å²) < 4.78 is 5.84. The molecule has 7 heteroatoms. The molecule has 0 saturated carbocycles. The maximum Gasteiger partial charge on any atom is 0.274 e. The summed E-state index contributed by atoms with van der Waals surface area (Å²) in [6.07, 6.45) is 0. The van der Waals surface area contributed by atoms with Crippen molar-refractivity contribution in [2.75, 3.05) is 44.6 Å². The number of hydrogen-bond acceptors (Lipinski definition) is 4. The number of carbonyl (C=O) groups is 1. The van der Waals surface area contributed by atoms with Crippen molar-refractivity contribution in [3.05, 3.63) is 65.4 Å². The number of nitrogens with zero attached hydrogens (tertiary/aromatic N) is 2. The third-order valence-electron chi connectivity index (χ3n) is 6.53. The molecule has 1 aliphatic heterocycles. The standard InChI is InChI=1S/C27H28ClN3O3/c1-16-5-4-6-20-24(32)13-23-26(25(16)20)18(14-28)15-31(23)27(33)22-12-17-11-19(7-8-21(17)29-22)34-10-9-30(2)3/h4-8,11-13,18,29,32H,9-10,14-15H2,1-3H3/t18-/m1/s1. The molecule has 1 aromatic heterocycles. The number of aromatic nitrogens is 1. The Bertz CT molecular complexity index is 1400. The zero-order valence-electron chi connectivity index (χ0n) is 19.6. The number of carbonyl (C=O) groups excluding carboxylic acids is 1. The van der Waals surface area contributed by atoms with E-state index in [-0.39, 0.29) is 17.6 Å². The molecular weight excluding hydrogens is 450 g/mol. The molecule has 0 saturated heterocycles. The Morgan fingerprint density at radius 1 is 1.24 bits per heavy atom. The number of aromatic hydroxyl groups is 1. The van der Waals surface area contributed by atoms with Crippen LogP contribution in [0.1, 0.15) is 27.5 Å². The molecule has 176 valence electrons. The predicted molar refractivity (Wildman–Crippen MR) is 138 cm³/mol. The summed E-state index contributed by atoms with van der Waals surface area (Å²) in [4.78, 5) is 20.7. The van der Waals surface area contributed by atoms with Gasteiger partial charge < -0.3 is 24.6 Å². The van der Waals surface area contributed by atoms with Crippen LogP contribution in [-0.2, 0) is 0 Å². The lowest BCUT2D eigenvalue weighted by Crippen LogP contribution is -2.30. The molecule has 4 aromatic rings. The number of benzene rings is 3. The second kappa shape index (κ2) is 8.85. The van der Waals surface area contributed by atoms with Gasteiger partial charge in [-0.15, -0.1) is 11.6 Å². The number of hydrogen-bond donors (Lipinski definition) is 2. The lowest BCUT2D eigenvalue weighted by Gasteiger charge is -2.18. The van der Waals surface area contributed by atoms with Crippen molar-refractivity contribution in [2.45, 2.75) is 12.8 Å². The number of aromatic amines is 1. The van der Waals surface area contributed by atoms with E-state index in [0.717, 1.165) is 50.8 Å². The van der Waals surface area contributed by atoms with Crippen LogP contribution in [0.3, 0.4) is 0 Å². The summed E-state index contributed by atoms with van der Waals surface area (Å²) in [7, 11) is 4.01. The molecule has 1 aliphatic rings. The fourth-order valence-corrected chi connectivity index (χ4v) is 5.08. The van der Waals surface area contributed by atoms with Gasteiger partial charge in [-0.3, -0.25) is 4.79 Å². The van der Waals surface area contributed by atoms with E-state index < -0.39 is 0 Å². The fraction of sp³-hybridized carbons (Fsp3) is 0.296. The van der Waals surface area contributed by atoms with Gasteiger partial charge >= 0.3 is 0 Å². The number of anilines is 1. The number of alkyl halides is 1. The average Bonchev–Trinajstić information content (AvgIpc) is 3.40. The van der Waals surface area contributed by atoms with E-state index in [0.29, 0.717) is 24.7 Å². The van der Waals surface area contributed by atoms with Crippen LogP contribution >= 0.6 is 11.6 Å². The van der Waals surface area contributed by atoms with Crippen molar-refractivity contribution in [3.8, 4) is 11.5 Å². The highest BCUT2D eigenvalue weighted by atomic mass is 35.5. The molecule has 34 heavy (non-hydrogen) atoms. The molecule has 2 N–H and O–H groups in total. The van der Waals surface area contributed by atoms with E-state index in [1.807, 2.05) is 63.5 Å². The van der Waals surface area contributed by atoms with Crippen LogP contribution in [0.2, 0.25) is 0 Å². The van der Waals surface area contributed by atoms with E-state index >= 15 is 0 Å². The molecule has 6 nitrogen and oxygen atoms in total. The summed E-state index contributed by atoms with van der Waals surface area (Å²) in [6, 6.07) is 15.2. The molecule has 0 radical (unpaired) electrons. The van der Waals surface area contributed by atoms with Gasteiger partial charge in [0.25, 0.3) is 5.91 Å². The molecule has 2 heterocycles. The van der Waals surface area contributed by atoms with Crippen molar-refractivity contribution in [1.29, 1.82) is 0 Å². The monoisotopic (exact) mass is 477 g/mol. The molecular formula is C27H28ClN3O3. The van der Waals surface area contributed by atoms with Crippen LogP contribution in [0.15, 0.2) is 48.5 Å². The van der Waals surface area contributed by atoms with Crippen molar-refractivity contribution in [2.24, 2.45) is 0 Å². The van der Waals surface area contributed by atoms with Gasteiger partial charge in [-0.1, -0.05) is 18.2 Å². The summed E-state index contributed by atoms with van der Waals surface area (Å²) in [5, 5.41) is 13.4. The number of H-pyrrole nitrogens is 1. The predicted octanol–water partition coefficient (Wildman–Crippen LogP) is 5.26. The zero-order chi connectivity index (χ0) is 24.0. The van der Waals surface area contributed by atoms with Gasteiger partial charge in [-0.25, -0.2) is 0 Å². The van der Waals surface area contributed by atoms with Gasteiger partial charge in [0.2, 0.25) is 0 Å². The molecule has 0 unspecified atom stereocenters. The number of rotatable bonds is 6. The number of amides is 1. The van der Waals surface area contributed by atoms with Gasteiger partial charge in [-0.2, -0.15) is 0 Å². The Labute approximate surface area is 203 Å². The SMILES string of the molecule is Cc1cccc2c(O)cc3c(c12)[C@H](CCl)CN3C(=O)c1cc2cc(OCCN(C)C)ccc2[nH]1. The van der Waals surface area contributed by atoms with Crippen molar-refractivity contribution >= 4 is 44.9 Å². The van der Waals surface area contributed by atoms with Crippen LogP contribution in [0, 0.1) is 6.92 Å². The number of phenols is 1. The highest BCUT2D eigenvalue weighted by Crippen LogP contribution is 2.46. The van der Waals surface area contributed by atoms with E-state index in [4.69, 9.17) is 16.3 Å². The summed E-state index contributed by atoms with van der Waals surface area (Å²) in [5.74, 6) is 1.18. The Morgan fingerprint density at radius 3 is 2.82 bits per heavy atom. The smallest absolute Gasteiger partial charge is 0.274 e. The zero-order valence-corrected chi connectivity index (χ0v) is 20.3. The normalized spacial score (nSPS) is 15.4. The topological polar surface area (TPSA) is 68.8 Å². The van der Waals surface area contributed by atoms with Gasteiger partial charge in [-0.05, 0) is 61.8 Å². The molecule has 5 rings (SSSR count). The highest BCUT2D eigenvalue weighted by Gasteiger charge is 2.35. The van der Waals surface area contributed by atoms with E-state index in [1.165, 1.54) is 0 Å². The number of phenolic OH excluding ortho intramolecular Hbond substituents is 1. The molecule has 1 amide bonds. The summed E-state index contributed by atoms with van der Waals surface area (Å²) in [5.41, 5.74) is 4.17. The van der Waals surface area contributed by atoms with Crippen LogP contribution in [0.5, 0.6) is 11.5 Å². The number of fused-ring (bicyclic) bond motifs is 4. The van der Waals surface area contributed by atoms with Gasteiger partial charge in [0, 0.05) is 47.2 Å². The van der Waals surface area contributed by atoms with E-state index in [2.05, 4.69) is 9.88 Å². The third-order valence-corrected chi connectivity index (χ3v) is 6.90. The first-order valence-electron chi connectivity index (χ1n) is 11.4. The van der Waals surface area contributed by atoms with E-state index in [9.17, 15) is 9.90 Å². The minimum absolute atomic E-state index is 0.00843. The first-order valence-corrected chi connectivity index (χ1v) is 11.9. The van der Waals surface area contributed by atoms with E-state index in [1.54, 1.807) is 11.0 Å². The second-order valence-corrected chi connectivity index (χ2v) is 9.49. The molecule has 0 aliphatic carbocycles. The van der Waals surface area contributed by atoms with Gasteiger partial charge in [0.15, 0.2) is 0 Å². The lowest BCUT2D eigenvalue weighted by atomic mass is 9.92. The maximum absolute atomic E-state index is 13.6. The minimum atomic E-state index is -0.146. The first kappa shape index (κ1) is 22.6. The number of ether oxygens (including phenoxy) is 1. The highest BCUT2D eigenvalue weighted by molar-refractivity contribution is 6.19. The third kappa shape index (κ3) is 3.87. The van der Waals surface area contributed by atoms with Crippen molar-refractivity contribution < 1.29 is 14.6 Å². The molecule has 0 bridgehead atoms. The molecule has 0 fully saturated rings. The Balaban J connectivity index is 1.50. The average molecular weight is 478 g/mol. The Kier molecular flexibility index (Phi) is 5.88. The Hall–Kier alpha value is -3.22. The largest absolute Gasteiger partial charge is 0.507 e. The minimum Gasteiger partial charge on any atom is -0.507 e. The Morgan fingerprint density at radius 2 is 2.06 bits per heavy atom. The van der Waals surface area contributed by atoms with Crippen molar-refractivity contribution in [3.63, 3.8) is 0 Å². The van der Waals surface area contributed by atoms with Crippen LogP contribution in [0.4, 0.5) is 5.69 Å². The van der Waals surface area contributed by atoms with Crippen LogP contribution in [-0.4, -0.2) is 60.6 Å². The molecule has 0 spiro atoms. The lowest BCUT2D eigenvalue weighted by molar-refractivity contribution is 0.0984. The fourth-order valence-electron chi connectivity index (χ4n) is 4.82. The number of likely N-dealkylation sites (N-methyl/N-ethyl adjacent to an activating group) is 1. The van der Waals surface area contributed by atoms with Crippen molar-refractivity contribution in [1.82, 2.24) is 9.88 Å². The number of aryl methyl sites for hydroxylation is 1. The second-order valence-electron chi connectivity index (χ2n) is 9.18. The number of halogens is 1. The maximum atomic E-state index is 13.6. The van der Waals surface area contributed by atoms with Gasteiger partial charge in [0.05, 0.1) is 5.69 Å². The first-order chi connectivity index (χ1) is 16.4. The number of nitrogens with one attached hydrogen (secondary N) is 1. The van der Waals surface area contributed by atoms with Crippen LogP contribution in [0.25, 0.3) is 21.7 Å². The van der Waals surface area contributed by atoms with Gasteiger partial charge in [0.1, 0.15) is 23.8 Å². The molecule has 1 atom stereocenters. The molecule has 3 aromatic carbocycles. The summed E-state index contributed by atoms with van der Waals surface area (Å²) >= 11 is 6.36.